The number of sulfonamides is 2. The Bertz CT molecular complexity index is 873. The van der Waals surface area contributed by atoms with Gasteiger partial charge in [0.05, 0.1) is 12.8 Å². The molecule has 0 aliphatic carbocycles. The number of nitrogens with two attached hydrogens (primary N) is 3. The summed E-state index contributed by atoms with van der Waals surface area (Å²) >= 11 is 0. The first-order chi connectivity index (χ1) is 9.25. The van der Waals surface area contributed by atoms with Gasteiger partial charge in [-0.15, -0.1) is 0 Å². The van der Waals surface area contributed by atoms with Crippen molar-refractivity contribution in [3.63, 3.8) is 0 Å². The van der Waals surface area contributed by atoms with Crippen LogP contribution in [0.2, 0.25) is 0 Å². The number of benzene rings is 1. The molecule has 0 unspecified atom stereocenters. The second kappa shape index (κ2) is 5.39. The largest absolute Gasteiger partial charge is 0.495 e. The van der Waals surface area contributed by atoms with Crippen LogP contribution >= 0.6 is 0 Å². The molecule has 0 heterocycles. The van der Waals surface area contributed by atoms with E-state index in [2.05, 4.69) is 0 Å². The maximum atomic E-state index is 11.4. The predicted octanol–water partition coefficient (Wildman–Crippen LogP) is -2.39. The minimum absolute atomic E-state index is 0.393. The molecule has 1 aromatic rings. The Kier molecular flexibility index (Phi) is 4.52. The third-order valence-corrected chi connectivity index (χ3v) is 4.52. The zero-order valence-electron chi connectivity index (χ0n) is 10.5. The first kappa shape index (κ1) is 17.6. The van der Waals surface area contributed by atoms with E-state index in [0.29, 0.717) is 6.07 Å². The van der Waals surface area contributed by atoms with Crippen molar-refractivity contribution in [2.75, 3.05) is 11.8 Å². The van der Waals surface area contributed by atoms with Crippen molar-refractivity contribution >= 4 is 35.9 Å². The Balaban J connectivity index is 3.82. The van der Waals surface area contributed by atoms with E-state index in [0.717, 1.165) is 13.2 Å². The average Bonchev–Trinajstić information content (AvgIpc) is 2.22. The lowest BCUT2D eigenvalue weighted by Crippen LogP contribution is -2.25. The molecule has 0 fully saturated rings. The zero-order valence-corrected chi connectivity index (χ0v) is 12.9. The highest BCUT2D eigenvalue weighted by atomic mass is 32.2. The number of ether oxygens (including phenoxy) is 1. The van der Waals surface area contributed by atoms with E-state index in [-0.39, 0.29) is 0 Å². The van der Waals surface area contributed by atoms with Gasteiger partial charge in [-0.1, -0.05) is 0 Å². The van der Waals surface area contributed by atoms with Crippen molar-refractivity contribution in [1.82, 2.24) is 0 Å². The van der Waals surface area contributed by atoms with Crippen LogP contribution in [0.25, 0.3) is 0 Å². The van der Waals surface area contributed by atoms with Crippen LogP contribution in [-0.4, -0.2) is 32.4 Å². The molecule has 14 heteroatoms. The van der Waals surface area contributed by atoms with E-state index in [1.165, 1.54) is 0 Å². The van der Waals surface area contributed by atoms with E-state index in [9.17, 15) is 25.3 Å². The first-order valence-electron chi connectivity index (χ1n) is 4.84. The standard InChI is InChI=1S/C7H12N4O7S3/c1-18-5-2-4(11-21(10,16)17)6(19(8,12)13)3-7(5)20(9,14)15/h2-3,11H,1H3,(H2,8,12,13)(H2,9,14,15)(H2,10,16,17). The molecule has 0 bridgehead atoms. The SMILES string of the molecule is COc1cc(NS(N)(=O)=O)c(S(N)(=O)=O)cc1S(N)(=O)=O. The van der Waals surface area contributed by atoms with E-state index in [4.69, 9.17) is 20.2 Å². The van der Waals surface area contributed by atoms with E-state index in [1.807, 2.05) is 0 Å². The summed E-state index contributed by atoms with van der Waals surface area (Å²) in [4.78, 5) is -1.52. The summed E-state index contributed by atoms with van der Waals surface area (Å²) in [6.45, 7) is 0. The van der Waals surface area contributed by atoms with Gasteiger partial charge in [0.2, 0.25) is 20.0 Å². The quantitative estimate of drug-likeness (QED) is 0.448. The lowest BCUT2D eigenvalue weighted by molar-refractivity contribution is 0.402. The summed E-state index contributed by atoms with van der Waals surface area (Å²) in [6.07, 6.45) is 0. The van der Waals surface area contributed by atoms with Crippen LogP contribution in [0.1, 0.15) is 0 Å². The normalized spacial score (nSPS) is 13.0. The number of rotatable bonds is 5. The van der Waals surface area contributed by atoms with Gasteiger partial charge in [0.25, 0.3) is 10.2 Å². The number of nitrogens with one attached hydrogen (secondary N) is 1. The second-order valence-corrected chi connectivity index (χ2v) is 8.09. The number of methoxy groups -OCH3 is 1. The van der Waals surface area contributed by atoms with Gasteiger partial charge in [0.1, 0.15) is 15.5 Å². The Hall–Kier alpha value is -1.45. The third kappa shape index (κ3) is 4.51. The zero-order chi connectivity index (χ0) is 16.6. The number of primary sulfonamides is 2. The van der Waals surface area contributed by atoms with Gasteiger partial charge in [0, 0.05) is 6.07 Å². The van der Waals surface area contributed by atoms with Crippen molar-refractivity contribution in [3.05, 3.63) is 12.1 Å². The van der Waals surface area contributed by atoms with Crippen LogP contribution in [0.3, 0.4) is 0 Å². The second-order valence-electron chi connectivity index (χ2n) is 3.74. The molecule has 1 aromatic carbocycles. The third-order valence-electron chi connectivity index (χ3n) is 2.13. The molecule has 0 amide bonds. The summed E-state index contributed by atoms with van der Waals surface area (Å²) in [5.74, 6) is -0.393. The molecule has 0 spiro atoms. The smallest absolute Gasteiger partial charge is 0.296 e. The summed E-state index contributed by atoms with van der Waals surface area (Å²) in [6, 6.07) is 1.35. The Morgan fingerprint density at radius 1 is 0.905 bits per heavy atom. The Labute approximate surface area is 121 Å². The Morgan fingerprint density at radius 2 is 1.38 bits per heavy atom. The molecule has 0 atom stereocenters. The van der Waals surface area contributed by atoms with Crippen LogP contribution in [0.15, 0.2) is 21.9 Å². The monoisotopic (exact) mass is 360 g/mol. The predicted molar refractivity (Wildman–Crippen MR) is 72.5 cm³/mol. The molecule has 0 radical (unpaired) electrons. The summed E-state index contributed by atoms with van der Waals surface area (Å²) in [5.41, 5.74) is -0.579. The van der Waals surface area contributed by atoms with Crippen molar-refractivity contribution in [2.24, 2.45) is 15.4 Å². The molecule has 11 nitrogen and oxygen atoms in total. The van der Waals surface area contributed by atoms with Crippen LogP contribution in [0.4, 0.5) is 5.69 Å². The van der Waals surface area contributed by atoms with Gasteiger partial charge >= 0.3 is 0 Å². The fourth-order valence-corrected chi connectivity index (χ4v) is 3.41. The molecular weight excluding hydrogens is 348 g/mol. The average molecular weight is 360 g/mol. The minimum atomic E-state index is -4.47. The van der Waals surface area contributed by atoms with Crippen molar-refractivity contribution in [3.8, 4) is 5.75 Å². The molecule has 0 aliphatic heterocycles. The lowest BCUT2D eigenvalue weighted by Gasteiger charge is -2.13. The van der Waals surface area contributed by atoms with Crippen LogP contribution in [-0.2, 0) is 30.3 Å². The van der Waals surface area contributed by atoms with Crippen LogP contribution in [0.5, 0.6) is 5.75 Å². The highest BCUT2D eigenvalue weighted by Crippen LogP contribution is 2.32. The maximum Gasteiger partial charge on any atom is 0.296 e. The van der Waals surface area contributed by atoms with Crippen LogP contribution < -0.4 is 24.9 Å². The number of hydrogen-bond acceptors (Lipinski definition) is 7. The van der Waals surface area contributed by atoms with Gasteiger partial charge in [0.15, 0.2) is 0 Å². The highest BCUT2D eigenvalue weighted by Gasteiger charge is 2.24. The number of hydrogen-bond donors (Lipinski definition) is 4. The topological polar surface area (TPSA) is 202 Å². The molecule has 7 N–H and O–H groups in total. The molecular formula is C7H12N4O7S3. The van der Waals surface area contributed by atoms with Gasteiger partial charge in [-0.3, -0.25) is 4.72 Å². The van der Waals surface area contributed by atoms with Gasteiger partial charge < -0.3 is 4.74 Å². The fourth-order valence-electron chi connectivity index (χ4n) is 1.39. The van der Waals surface area contributed by atoms with E-state index < -0.39 is 51.5 Å². The van der Waals surface area contributed by atoms with E-state index in [1.54, 1.807) is 4.72 Å². The maximum absolute atomic E-state index is 11.4. The Morgan fingerprint density at radius 3 is 1.71 bits per heavy atom. The molecule has 0 aromatic heterocycles. The minimum Gasteiger partial charge on any atom is -0.495 e. The van der Waals surface area contributed by atoms with Gasteiger partial charge in [-0.25, -0.2) is 32.3 Å². The lowest BCUT2D eigenvalue weighted by atomic mass is 10.3. The summed E-state index contributed by atoms with van der Waals surface area (Å²) < 4.78 is 74.1. The summed E-state index contributed by atoms with van der Waals surface area (Å²) in [7, 11) is -12.1. The van der Waals surface area contributed by atoms with Crippen molar-refractivity contribution in [1.29, 1.82) is 0 Å². The van der Waals surface area contributed by atoms with Crippen LogP contribution in [0, 0.1) is 0 Å². The first-order valence-corrected chi connectivity index (χ1v) is 9.48. The molecule has 1 rings (SSSR count). The molecule has 0 saturated heterocycles. The molecule has 0 saturated carbocycles. The van der Waals surface area contributed by atoms with Gasteiger partial charge in [-0.05, 0) is 6.07 Å². The van der Waals surface area contributed by atoms with E-state index >= 15 is 0 Å². The fraction of sp³-hybridized carbons (Fsp3) is 0.143. The molecule has 120 valence electrons. The summed E-state index contributed by atoms with van der Waals surface area (Å²) in [5, 5.41) is 14.6. The van der Waals surface area contributed by atoms with Crippen molar-refractivity contribution < 1.29 is 30.0 Å². The number of anilines is 1. The van der Waals surface area contributed by atoms with Crippen molar-refractivity contribution in [2.45, 2.75) is 9.79 Å². The molecule has 21 heavy (non-hydrogen) atoms. The van der Waals surface area contributed by atoms with Gasteiger partial charge in [-0.2, -0.15) is 8.42 Å². The highest BCUT2D eigenvalue weighted by molar-refractivity contribution is 7.91. The molecule has 0 aliphatic rings.